The Morgan fingerprint density at radius 3 is 0.353 bits per heavy atom. The van der Waals surface area contributed by atoms with Gasteiger partial charge in [-0.25, -0.2) is 0 Å². The first-order valence-corrected chi connectivity index (χ1v) is 13.8. The Hall–Kier alpha value is -3.27. The molecular weight excluding hydrogens is 876 g/mol. The standard InChI is InChI=1S/7C5H8O2.Ce.Zr/c7*1-4(6)3-5(2)7;;/h7*6H,1,3H2,2H3;;/q;;;;;;;+3;+4/p-7. The molecule has 51 heavy (non-hydrogen) atoms. The van der Waals surface area contributed by atoms with E-state index in [1.807, 2.05) is 0 Å². The van der Waals surface area contributed by atoms with Crippen molar-refractivity contribution in [2.75, 3.05) is 0 Å². The number of ketones is 7. The molecule has 0 aromatic rings. The molecule has 0 amide bonds. The molecule has 0 saturated heterocycles. The monoisotopic (exact) mass is 923 g/mol. The van der Waals surface area contributed by atoms with E-state index in [1.54, 1.807) is 0 Å². The maximum atomic E-state index is 9.99. The van der Waals surface area contributed by atoms with Crippen LogP contribution in [0.1, 0.15) is 93.4 Å². The van der Waals surface area contributed by atoms with Gasteiger partial charge in [-0.2, -0.15) is 0 Å². The molecule has 14 nitrogen and oxygen atoms in total. The first kappa shape index (κ1) is 69.5. The van der Waals surface area contributed by atoms with Crippen molar-refractivity contribution in [3.63, 3.8) is 0 Å². The molecule has 0 spiro atoms. The van der Waals surface area contributed by atoms with Gasteiger partial charge in [-0.15, -0.1) is 86.4 Å². The predicted octanol–water partition coefficient (Wildman–Crippen LogP) is -1.13. The second-order valence-electron chi connectivity index (χ2n) is 9.92. The van der Waals surface area contributed by atoms with E-state index in [9.17, 15) is 69.3 Å². The Labute approximate surface area is 354 Å². The van der Waals surface area contributed by atoms with E-state index in [0.717, 1.165) is 0 Å². The van der Waals surface area contributed by atoms with E-state index in [4.69, 9.17) is 0 Å². The number of carbonyl (C=O) groups excluding carboxylic acids is 7. The molecule has 0 heterocycles. The summed E-state index contributed by atoms with van der Waals surface area (Å²) in [7, 11) is 0. The van der Waals surface area contributed by atoms with Crippen LogP contribution in [-0.2, 0) is 59.8 Å². The normalized spacial score (nSPS) is 7.82. The number of allylic oxidation sites excluding steroid dienone is 7. The second-order valence-corrected chi connectivity index (χ2v) is 9.92. The average molecular weight is 925 g/mol. The molecule has 0 bridgehead atoms. The van der Waals surface area contributed by atoms with Crippen LogP contribution in [0.25, 0.3) is 0 Å². The van der Waals surface area contributed by atoms with Gasteiger partial charge in [-0.3, -0.25) is 33.6 Å². The molecule has 0 aliphatic heterocycles. The number of rotatable bonds is 14. The van der Waals surface area contributed by atoms with Crippen molar-refractivity contribution in [2.24, 2.45) is 0 Å². The van der Waals surface area contributed by atoms with Crippen LogP contribution < -0.4 is 35.7 Å². The van der Waals surface area contributed by atoms with Crippen LogP contribution in [0.15, 0.2) is 86.4 Å². The fourth-order valence-corrected chi connectivity index (χ4v) is 1.94. The Morgan fingerprint density at radius 1 is 0.294 bits per heavy atom. The van der Waals surface area contributed by atoms with Gasteiger partial charge in [0.05, 0.1) is 0 Å². The summed E-state index contributed by atoms with van der Waals surface area (Å²) in [6.07, 6.45) is -0.194. The maximum Gasteiger partial charge on any atom is 4.00 e. The largest absolute Gasteiger partial charge is 4.00 e. The zero-order chi connectivity index (χ0) is 41.0. The Bertz CT molecular complexity index is 845. The van der Waals surface area contributed by atoms with Gasteiger partial charge in [-0.05, 0) is 48.5 Å². The van der Waals surface area contributed by atoms with E-state index in [0.29, 0.717) is 0 Å². The van der Waals surface area contributed by atoms with Gasteiger partial charge in [0.1, 0.15) is 40.5 Å². The van der Waals surface area contributed by atoms with Crippen LogP contribution in [0.4, 0.5) is 0 Å². The van der Waals surface area contributed by atoms with Crippen molar-refractivity contribution < 1.29 is 137 Å². The molecule has 0 aromatic carbocycles. The third-order valence-corrected chi connectivity index (χ3v) is 3.12. The fraction of sp³-hybridized carbons (Fsp3) is 0.400. The molecule has 281 valence electrons. The molecular formula is C35H49CeO14Zr. The van der Waals surface area contributed by atoms with Gasteiger partial charge in [0.15, 0.2) is 0 Å². The number of hydrogen-bond acceptors (Lipinski definition) is 14. The zero-order valence-corrected chi connectivity index (χ0v) is 36.2. The SMILES string of the molecule is C=C([O-])CC(C)=O.C=C([O-])CC(C)=O.C=C([O-])CC(C)=O.C=C([O-])CC(C)=O.C=C([O-])CC(C)=O.C=C([O-])CC(C)=O.C=C([O-])CC(C)=O.[Ce+3].[Zr+4]. The quantitative estimate of drug-likeness (QED) is 0.187. The minimum atomic E-state index is -0.312. The number of Topliss-reactive ketones (excluding diaryl/α,β-unsaturated/α-hetero) is 7. The number of hydrogen-bond donors (Lipinski definition) is 0. The Kier molecular flexibility index (Phi) is 63.7. The van der Waals surface area contributed by atoms with E-state index in [-0.39, 0.29) is 194 Å². The summed E-state index contributed by atoms with van der Waals surface area (Å²) in [6, 6.07) is 0. The summed E-state index contributed by atoms with van der Waals surface area (Å²) in [5.41, 5.74) is 0. The van der Waals surface area contributed by atoms with Crippen LogP contribution >= 0.6 is 0 Å². The fourth-order valence-electron chi connectivity index (χ4n) is 1.94. The molecule has 0 fully saturated rings. The van der Waals surface area contributed by atoms with Gasteiger partial charge in [0.2, 0.25) is 0 Å². The summed E-state index contributed by atoms with van der Waals surface area (Å²) in [6.45, 7) is 30.7. The summed E-state index contributed by atoms with van der Waals surface area (Å²) in [4.78, 5) is 70.0. The van der Waals surface area contributed by atoms with Gasteiger partial charge in [0.25, 0.3) is 0 Å². The van der Waals surface area contributed by atoms with Crippen molar-refractivity contribution in [1.82, 2.24) is 0 Å². The van der Waals surface area contributed by atoms with Gasteiger partial charge < -0.3 is 35.7 Å². The van der Waals surface area contributed by atoms with Crippen molar-refractivity contribution in [3.05, 3.63) is 86.4 Å². The molecule has 16 heteroatoms. The molecule has 0 N–H and O–H groups in total. The van der Waals surface area contributed by atoms with Gasteiger partial charge in [-0.1, -0.05) is 0 Å². The van der Waals surface area contributed by atoms with Crippen LogP contribution in [0.5, 0.6) is 0 Å². The van der Waals surface area contributed by atoms with Gasteiger partial charge in [0, 0.05) is 44.9 Å². The average Bonchev–Trinajstić information content (AvgIpc) is 2.74. The summed E-state index contributed by atoms with van der Waals surface area (Å²) < 4.78 is 0. The zero-order valence-electron chi connectivity index (χ0n) is 30.6. The minimum Gasteiger partial charge on any atom is -0.876 e. The van der Waals surface area contributed by atoms with Crippen molar-refractivity contribution >= 4 is 40.5 Å². The molecule has 0 saturated carbocycles. The topological polar surface area (TPSA) is 281 Å². The molecule has 0 unspecified atom stereocenters. The molecule has 0 atom stereocenters. The van der Waals surface area contributed by atoms with Crippen molar-refractivity contribution in [2.45, 2.75) is 93.4 Å². The van der Waals surface area contributed by atoms with E-state index < -0.39 is 0 Å². The third-order valence-electron chi connectivity index (χ3n) is 3.12. The van der Waals surface area contributed by atoms with Crippen LogP contribution in [0.3, 0.4) is 0 Å². The smallest absolute Gasteiger partial charge is 0.876 e. The Morgan fingerprint density at radius 2 is 0.353 bits per heavy atom. The van der Waals surface area contributed by atoms with E-state index in [2.05, 4.69) is 46.1 Å². The van der Waals surface area contributed by atoms with Gasteiger partial charge >= 0.3 is 68.0 Å². The summed E-state index contributed by atoms with van der Waals surface area (Å²) in [5.74, 6) is -3.06. The van der Waals surface area contributed by atoms with Crippen LogP contribution in [-0.4, -0.2) is 40.5 Å². The molecule has 1 radical (unpaired) electrons. The first-order valence-electron chi connectivity index (χ1n) is 13.8. The van der Waals surface area contributed by atoms with Crippen LogP contribution in [0, 0.1) is 41.7 Å². The maximum absolute atomic E-state index is 9.99. The first-order chi connectivity index (χ1) is 21.9. The summed E-state index contributed by atoms with van der Waals surface area (Å²) >= 11 is 0. The van der Waals surface area contributed by atoms with Crippen molar-refractivity contribution in [1.29, 1.82) is 0 Å². The van der Waals surface area contributed by atoms with E-state index >= 15 is 0 Å². The Balaban J connectivity index is -0.0000000573. The molecule has 0 aromatic heterocycles. The molecule has 0 aliphatic carbocycles. The second kappa shape index (κ2) is 46.7. The molecule has 0 aliphatic rings. The number of carbonyl (C=O) groups is 7. The third kappa shape index (κ3) is 153. The minimum absolute atomic E-state index is 0. The predicted molar refractivity (Wildman–Crippen MR) is 171 cm³/mol. The van der Waals surface area contributed by atoms with Crippen molar-refractivity contribution in [3.8, 4) is 0 Å². The van der Waals surface area contributed by atoms with Crippen LogP contribution in [0.2, 0.25) is 0 Å². The van der Waals surface area contributed by atoms with E-state index in [1.165, 1.54) is 48.5 Å². The summed E-state index contributed by atoms with van der Waals surface area (Å²) in [5, 5.41) is 69.5. The molecule has 0 rings (SSSR count).